The van der Waals surface area contributed by atoms with Gasteiger partial charge in [0.2, 0.25) is 10.0 Å². The fourth-order valence-corrected chi connectivity index (χ4v) is 7.69. The number of sulfonamides is 1. The first-order valence-corrected chi connectivity index (χ1v) is 14.1. The highest BCUT2D eigenvalue weighted by molar-refractivity contribution is 7.89. The van der Waals surface area contributed by atoms with Gasteiger partial charge in [-0.1, -0.05) is 24.3 Å². The number of nitrogens with zero attached hydrogens (tertiary/aromatic N) is 4. The molecule has 1 atom stereocenters. The molecule has 0 radical (unpaired) electrons. The van der Waals surface area contributed by atoms with Crippen LogP contribution in [0.15, 0.2) is 47.4 Å². The van der Waals surface area contributed by atoms with Crippen LogP contribution in [-0.4, -0.2) is 72.8 Å². The molecule has 2 aliphatic rings. The Morgan fingerprint density at radius 1 is 1.00 bits per heavy atom. The summed E-state index contributed by atoms with van der Waals surface area (Å²) in [5.41, 5.74) is 2.69. The second kappa shape index (κ2) is 9.28. The van der Waals surface area contributed by atoms with Gasteiger partial charge in [-0.2, -0.15) is 4.31 Å². The fourth-order valence-electron chi connectivity index (χ4n) is 4.86. The Morgan fingerprint density at radius 2 is 1.76 bits per heavy atom. The van der Waals surface area contributed by atoms with Gasteiger partial charge in [0.1, 0.15) is 0 Å². The standard InChI is InChI=1S/C25H30N4O3S2/c1-18-9-10-19(2)23(16-18)34(31,32)29-14-12-27(13-15-29)25(30)28-11-5-6-20(17-28)24-26-21-7-3-4-8-22(21)33-24/h3-4,7-10,16,20H,5-6,11-15,17H2,1-2H3. The number of aryl methyl sites for hydroxylation is 2. The van der Waals surface area contributed by atoms with Crippen molar-refractivity contribution in [2.75, 3.05) is 39.3 Å². The van der Waals surface area contributed by atoms with Crippen molar-refractivity contribution >= 4 is 37.6 Å². The van der Waals surface area contributed by atoms with E-state index in [1.165, 1.54) is 9.01 Å². The van der Waals surface area contributed by atoms with Gasteiger partial charge in [-0.15, -0.1) is 11.3 Å². The summed E-state index contributed by atoms with van der Waals surface area (Å²) in [5, 5.41) is 1.10. The zero-order valence-corrected chi connectivity index (χ0v) is 21.2. The maximum Gasteiger partial charge on any atom is 0.320 e. The van der Waals surface area contributed by atoms with Gasteiger partial charge < -0.3 is 9.80 Å². The van der Waals surface area contributed by atoms with Crippen LogP contribution in [0, 0.1) is 13.8 Å². The Morgan fingerprint density at radius 3 is 2.53 bits per heavy atom. The summed E-state index contributed by atoms with van der Waals surface area (Å²) < 4.78 is 29.1. The van der Waals surface area contributed by atoms with Crippen molar-refractivity contribution in [3.8, 4) is 0 Å². The molecule has 0 spiro atoms. The van der Waals surface area contributed by atoms with Crippen LogP contribution in [0.5, 0.6) is 0 Å². The van der Waals surface area contributed by atoms with E-state index < -0.39 is 10.0 Å². The second-order valence-corrected chi connectivity index (χ2v) is 12.2. The number of para-hydroxylation sites is 1. The van der Waals surface area contributed by atoms with Crippen LogP contribution in [-0.2, 0) is 10.0 Å². The molecule has 9 heteroatoms. The summed E-state index contributed by atoms with van der Waals surface area (Å²) in [7, 11) is -3.57. The highest BCUT2D eigenvalue weighted by Gasteiger charge is 2.34. The summed E-state index contributed by atoms with van der Waals surface area (Å²) in [4.78, 5) is 22.2. The molecule has 3 aromatic rings. The quantitative estimate of drug-likeness (QED) is 0.542. The average molecular weight is 499 g/mol. The molecule has 34 heavy (non-hydrogen) atoms. The molecular formula is C25H30N4O3S2. The molecular weight excluding hydrogens is 468 g/mol. The van der Waals surface area contributed by atoms with Gasteiger partial charge in [-0.25, -0.2) is 18.2 Å². The summed E-state index contributed by atoms with van der Waals surface area (Å²) in [6.07, 6.45) is 1.98. The van der Waals surface area contributed by atoms with E-state index >= 15 is 0 Å². The lowest BCUT2D eigenvalue weighted by Gasteiger charge is -2.39. The van der Waals surface area contributed by atoms with E-state index in [0.717, 1.165) is 41.0 Å². The fraction of sp³-hybridized carbons (Fsp3) is 0.440. The van der Waals surface area contributed by atoms with E-state index in [2.05, 4.69) is 6.07 Å². The molecule has 5 rings (SSSR count). The molecule has 180 valence electrons. The number of piperidine rings is 1. The number of urea groups is 1. The molecule has 2 aromatic carbocycles. The van der Waals surface area contributed by atoms with Gasteiger partial charge in [0, 0.05) is 45.2 Å². The SMILES string of the molecule is Cc1ccc(C)c(S(=O)(=O)N2CCN(C(=O)N3CCCC(c4nc5ccccc5s4)C3)CC2)c1. The summed E-state index contributed by atoms with van der Waals surface area (Å²) in [5.74, 6) is 0.251. The maximum atomic E-state index is 13.3. The van der Waals surface area contributed by atoms with E-state index in [9.17, 15) is 13.2 Å². The molecule has 0 N–H and O–H groups in total. The monoisotopic (exact) mass is 498 g/mol. The number of amides is 2. The number of carbonyl (C=O) groups is 1. The van der Waals surface area contributed by atoms with Crippen LogP contribution in [0.4, 0.5) is 4.79 Å². The Balaban J connectivity index is 1.23. The third kappa shape index (κ3) is 4.44. The predicted octanol–water partition coefficient (Wildman–Crippen LogP) is 4.22. The number of piperazine rings is 1. The van der Waals surface area contributed by atoms with Crippen molar-refractivity contribution in [2.45, 2.75) is 37.5 Å². The number of benzene rings is 2. The van der Waals surface area contributed by atoms with E-state index in [0.29, 0.717) is 37.6 Å². The Kier molecular flexibility index (Phi) is 6.35. The third-order valence-corrected chi connectivity index (χ3v) is 10.1. The van der Waals surface area contributed by atoms with Crippen LogP contribution in [0.1, 0.15) is 34.9 Å². The Bertz CT molecular complexity index is 1280. The van der Waals surface area contributed by atoms with Crippen molar-refractivity contribution in [2.24, 2.45) is 0 Å². The molecule has 0 saturated carbocycles. The number of carbonyl (C=O) groups excluding carboxylic acids is 1. The molecule has 7 nitrogen and oxygen atoms in total. The molecule has 1 aromatic heterocycles. The number of rotatable bonds is 3. The van der Waals surface area contributed by atoms with Crippen molar-refractivity contribution in [3.63, 3.8) is 0 Å². The van der Waals surface area contributed by atoms with Crippen LogP contribution >= 0.6 is 11.3 Å². The minimum absolute atomic E-state index is 0.00888. The first kappa shape index (κ1) is 23.3. The molecule has 2 saturated heterocycles. The number of fused-ring (bicyclic) bond motifs is 1. The van der Waals surface area contributed by atoms with E-state index in [-0.39, 0.29) is 11.9 Å². The first-order chi connectivity index (χ1) is 16.3. The smallest absolute Gasteiger partial charge is 0.320 e. The molecule has 0 aliphatic carbocycles. The molecule has 2 fully saturated rings. The second-order valence-electron chi connectivity index (χ2n) is 9.25. The highest BCUT2D eigenvalue weighted by Crippen LogP contribution is 2.33. The van der Waals surface area contributed by atoms with Crippen molar-refractivity contribution in [1.29, 1.82) is 0 Å². The predicted molar refractivity (Wildman–Crippen MR) is 135 cm³/mol. The molecule has 2 aliphatic heterocycles. The molecule has 0 bridgehead atoms. The zero-order valence-electron chi connectivity index (χ0n) is 19.6. The normalized spacial score (nSPS) is 20.1. The lowest BCUT2D eigenvalue weighted by molar-refractivity contribution is 0.122. The van der Waals surface area contributed by atoms with Gasteiger partial charge in [0.15, 0.2) is 0 Å². The number of aromatic nitrogens is 1. The minimum Gasteiger partial charge on any atom is -0.324 e. The summed E-state index contributed by atoms with van der Waals surface area (Å²) >= 11 is 1.72. The van der Waals surface area contributed by atoms with Crippen molar-refractivity contribution < 1.29 is 13.2 Å². The Labute approximate surface area is 205 Å². The summed E-state index contributed by atoms with van der Waals surface area (Å²) in [6, 6.07) is 13.7. The van der Waals surface area contributed by atoms with Gasteiger partial charge in [0.25, 0.3) is 0 Å². The van der Waals surface area contributed by atoms with Crippen molar-refractivity contribution in [3.05, 3.63) is 58.6 Å². The maximum absolute atomic E-state index is 13.3. The topological polar surface area (TPSA) is 73.8 Å². The third-order valence-electron chi connectivity index (χ3n) is 6.82. The number of thiazole rings is 1. The van der Waals surface area contributed by atoms with Crippen LogP contribution in [0.25, 0.3) is 10.2 Å². The minimum atomic E-state index is -3.57. The van der Waals surface area contributed by atoms with Crippen LogP contribution < -0.4 is 0 Å². The van der Waals surface area contributed by atoms with Crippen LogP contribution in [0.2, 0.25) is 0 Å². The molecule has 1 unspecified atom stereocenters. The molecule has 3 heterocycles. The number of likely N-dealkylation sites (tertiary alicyclic amines) is 1. The summed E-state index contributed by atoms with van der Waals surface area (Å²) in [6.45, 7) is 6.57. The Hall–Kier alpha value is -2.49. The van der Waals surface area contributed by atoms with E-state index in [4.69, 9.17) is 4.98 Å². The lowest BCUT2D eigenvalue weighted by Crippen LogP contribution is -2.55. The van der Waals surface area contributed by atoms with Crippen LogP contribution in [0.3, 0.4) is 0 Å². The highest BCUT2D eigenvalue weighted by atomic mass is 32.2. The average Bonchev–Trinajstić information content (AvgIpc) is 3.30. The number of hydrogen-bond acceptors (Lipinski definition) is 5. The van der Waals surface area contributed by atoms with E-state index in [1.54, 1.807) is 22.3 Å². The van der Waals surface area contributed by atoms with Crippen molar-refractivity contribution in [1.82, 2.24) is 19.1 Å². The number of hydrogen-bond donors (Lipinski definition) is 0. The molecule has 2 amide bonds. The van der Waals surface area contributed by atoms with Gasteiger partial charge in [-0.05, 0) is 56.0 Å². The van der Waals surface area contributed by atoms with E-state index in [1.807, 2.05) is 49.1 Å². The van der Waals surface area contributed by atoms with Gasteiger partial charge in [0.05, 0.1) is 20.1 Å². The van der Waals surface area contributed by atoms with Gasteiger partial charge >= 0.3 is 6.03 Å². The zero-order chi connectivity index (χ0) is 23.9. The largest absolute Gasteiger partial charge is 0.324 e. The lowest BCUT2D eigenvalue weighted by atomic mass is 9.99. The first-order valence-electron chi connectivity index (χ1n) is 11.8. The van der Waals surface area contributed by atoms with Gasteiger partial charge in [-0.3, -0.25) is 0 Å².